The molecule has 0 aliphatic heterocycles. The Morgan fingerprint density at radius 1 is 1.05 bits per heavy atom. The van der Waals surface area contributed by atoms with Gasteiger partial charge in [0.2, 0.25) is 0 Å². The van der Waals surface area contributed by atoms with Crippen molar-refractivity contribution in [1.82, 2.24) is 4.98 Å². The van der Waals surface area contributed by atoms with E-state index in [0.717, 1.165) is 10.9 Å². The lowest BCUT2D eigenvalue weighted by atomic mass is 10.1. The van der Waals surface area contributed by atoms with Gasteiger partial charge in [-0.3, -0.25) is 9.78 Å². The minimum absolute atomic E-state index is 0.155. The van der Waals surface area contributed by atoms with Crippen molar-refractivity contribution < 1.29 is 4.79 Å². The first-order valence-corrected chi connectivity index (χ1v) is 6.52. The molecule has 0 aliphatic rings. The number of nitrogens with zero attached hydrogens (tertiary/aromatic N) is 1. The molecule has 0 aliphatic carbocycles. The van der Waals surface area contributed by atoms with Gasteiger partial charge in [0, 0.05) is 22.2 Å². The predicted octanol–water partition coefficient (Wildman–Crippen LogP) is 4.14. The largest absolute Gasteiger partial charge is 0.321 e. The fourth-order valence-corrected chi connectivity index (χ4v) is 2.18. The molecule has 1 aromatic heterocycles. The third-order valence-corrected chi connectivity index (χ3v) is 3.22. The van der Waals surface area contributed by atoms with E-state index in [1.54, 1.807) is 36.5 Å². The molecule has 0 saturated heterocycles. The van der Waals surface area contributed by atoms with Crippen molar-refractivity contribution in [3.05, 3.63) is 71.4 Å². The van der Waals surface area contributed by atoms with Crippen LogP contribution < -0.4 is 5.32 Å². The second kappa shape index (κ2) is 5.31. The molecular weight excluding hydrogens is 272 g/mol. The van der Waals surface area contributed by atoms with Crippen LogP contribution in [0.4, 0.5) is 5.69 Å². The zero-order valence-electron chi connectivity index (χ0n) is 10.5. The molecule has 0 saturated carbocycles. The molecule has 1 heterocycles. The summed E-state index contributed by atoms with van der Waals surface area (Å²) in [5, 5.41) is 4.33. The molecule has 20 heavy (non-hydrogen) atoms. The lowest BCUT2D eigenvalue weighted by Crippen LogP contribution is -2.12. The number of nitrogens with one attached hydrogen (secondary N) is 1. The van der Waals surface area contributed by atoms with Crippen LogP contribution in [-0.4, -0.2) is 10.9 Å². The van der Waals surface area contributed by atoms with Crippen LogP contribution >= 0.6 is 11.6 Å². The van der Waals surface area contributed by atoms with Gasteiger partial charge in [0.15, 0.2) is 0 Å². The van der Waals surface area contributed by atoms with E-state index in [4.69, 9.17) is 11.6 Å². The molecule has 3 aromatic rings. The average Bonchev–Trinajstić information content (AvgIpc) is 2.49. The molecule has 0 unspecified atom stereocenters. The zero-order chi connectivity index (χ0) is 13.9. The van der Waals surface area contributed by atoms with E-state index in [-0.39, 0.29) is 5.91 Å². The molecule has 0 atom stereocenters. The van der Waals surface area contributed by atoms with Crippen LogP contribution in [0.15, 0.2) is 60.8 Å². The molecule has 1 N–H and O–H groups in total. The topological polar surface area (TPSA) is 42.0 Å². The molecule has 0 bridgehead atoms. The lowest BCUT2D eigenvalue weighted by Gasteiger charge is -2.08. The number of fused-ring (bicyclic) bond motifs is 1. The molecule has 0 fully saturated rings. The molecule has 0 spiro atoms. The maximum atomic E-state index is 12.2. The number of anilines is 1. The van der Waals surface area contributed by atoms with Gasteiger partial charge in [-0.1, -0.05) is 29.8 Å². The Hall–Kier alpha value is -2.39. The van der Waals surface area contributed by atoms with Gasteiger partial charge < -0.3 is 5.32 Å². The maximum absolute atomic E-state index is 12.2. The van der Waals surface area contributed by atoms with Crippen molar-refractivity contribution in [3.8, 4) is 0 Å². The SMILES string of the molecule is O=C(Nc1ccnc2ccc(Cl)cc12)c1ccccc1. The number of rotatable bonds is 2. The minimum atomic E-state index is -0.155. The summed E-state index contributed by atoms with van der Waals surface area (Å²) in [4.78, 5) is 16.4. The smallest absolute Gasteiger partial charge is 0.255 e. The van der Waals surface area contributed by atoms with Crippen LogP contribution in [0.5, 0.6) is 0 Å². The summed E-state index contributed by atoms with van der Waals surface area (Å²) in [6, 6.07) is 16.2. The second-order valence-electron chi connectivity index (χ2n) is 4.34. The highest BCUT2D eigenvalue weighted by Gasteiger charge is 2.08. The highest BCUT2D eigenvalue weighted by Crippen LogP contribution is 2.25. The van der Waals surface area contributed by atoms with E-state index in [2.05, 4.69) is 10.3 Å². The minimum Gasteiger partial charge on any atom is -0.321 e. The molecule has 3 nitrogen and oxygen atoms in total. The van der Waals surface area contributed by atoms with Crippen molar-refractivity contribution in [1.29, 1.82) is 0 Å². The first-order valence-electron chi connectivity index (χ1n) is 6.15. The maximum Gasteiger partial charge on any atom is 0.255 e. The summed E-state index contributed by atoms with van der Waals surface area (Å²) < 4.78 is 0. The number of aromatic nitrogens is 1. The van der Waals surface area contributed by atoms with Gasteiger partial charge in [-0.15, -0.1) is 0 Å². The lowest BCUT2D eigenvalue weighted by molar-refractivity contribution is 0.102. The fraction of sp³-hybridized carbons (Fsp3) is 0. The third-order valence-electron chi connectivity index (χ3n) is 2.99. The summed E-state index contributed by atoms with van der Waals surface area (Å²) in [6.45, 7) is 0. The Kier molecular flexibility index (Phi) is 3.35. The van der Waals surface area contributed by atoms with Crippen molar-refractivity contribution in [2.24, 2.45) is 0 Å². The van der Waals surface area contributed by atoms with Gasteiger partial charge in [0.1, 0.15) is 0 Å². The summed E-state index contributed by atoms with van der Waals surface area (Å²) in [6.07, 6.45) is 1.66. The van der Waals surface area contributed by atoms with E-state index in [1.807, 2.05) is 24.3 Å². The number of hydrogen-bond donors (Lipinski definition) is 1. The predicted molar refractivity (Wildman–Crippen MR) is 81.1 cm³/mol. The first kappa shape index (κ1) is 12.6. The Bertz CT molecular complexity index is 772. The van der Waals surface area contributed by atoms with Crippen LogP contribution in [-0.2, 0) is 0 Å². The van der Waals surface area contributed by atoms with Gasteiger partial charge >= 0.3 is 0 Å². The van der Waals surface area contributed by atoms with Gasteiger partial charge in [0.05, 0.1) is 11.2 Å². The first-order chi connectivity index (χ1) is 9.74. The Balaban J connectivity index is 1.99. The molecule has 1 amide bonds. The zero-order valence-corrected chi connectivity index (χ0v) is 11.3. The number of carbonyl (C=O) groups excluding carboxylic acids is 1. The summed E-state index contributed by atoms with van der Waals surface area (Å²) in [7, 11) is 0. The molecule has 2 aromatic carbocycles. The Morgan fingerprint density at radius 2 is 1.85 bits per heavy atom. The van der Waals surface area contributed by atoms with Crippen molar-refractivity contribution in [2.75, 3.05) is 5.32 Å². The van der Waals surface area contributed by atoms with Crippen molar-refractivity contribution in [3.63, 3.8) is 0 Å². The summed E-state index contributed by atoms with van der Waals surface area (Å²) >= 11 is 6.00. The average molecular weight is 283 g/mol. The highest BCUT2D eigenvalue weighted by atomic mass is 35.5. The van der Waals surface area contributed by atoms with Gasteiger partial charge in [-0.25, -0.2) is 0 Å². The van der Waals surface area contributed by atoms with E-state index in [0.29, 0.717) is 16.3 Å². The standard InChI is InChI=1S/C16H11ClN2O/c17-12-6-7-14-13(10-12)15(8-9-18-14)19-16(20)11-4-2-1-3-5-11/h1-10H,(H,18,19,20). The number of amides is 1. The summed E-state index contributed by atoms with van der Waals surface area (Å²) in [5.74, 6) is -0.155. The summed E-state index contributed by atoms with van der Waals surface area (Å²) in [5.41, 5.74) is 2.10. The van der Waals surface area contributed by atoms with Crippen molar-refractivity contribution in [2.45, 2.75) is 0 Å². The van der Waals surface area contributed by atoms with Crippen LogP contribution in [0.1, 0.15) is 10.4 Å². The highest BCUT2D eigenvalue weighted by molar-refractivity contribution is 6.31. The van der Waals surface area contributed by atoms with Gasteiger partial charge in [0.25, 0.3) is 5.91 Å². The number of benzene rings is 2. The van der Waals surface area contributed by atoms with Crippen molar-refractivity contribution >= 4 is 34.1 Å². The molecule has 0 radical (unpaired) electrons. The van der Waals surface area contributed by atoms with E-state index in [1.165, 1.54) is 0 Å². The van der Waals surface area contributed by atoms with Gasteiger partial charge in [-0.2, -0.15) is 0 Å². The quantitative estimate of drug-likeness (QED) is 0.767. The van der Waals surface area contributed by atoms with Crippen LogP contribution in [0, 0.1) is 0 Å². The second-order valence-corrected chi connectivity index (χ2v) is 4.78. The monoisotopic (exact) mass is 282 g/mol. The Labute approximate surface area is 121 Å². The van der Waals surface area contributed by atoms with Crippen LogP contribution in [0.3, 0.4) is 0 Å². The van der Waals surface area contributed by atoms with Gasteiger partial charge in [-0.05, 0) is 36.4 Å². The van der Waals surface area contributed by atoms with E-state index < -0.39 is 0 Å². The Morgan fingerprint density at radius 3 is 2.65 bits per heavy atom. The van der Waals surface area contributed by atoms with Crippen LogP contribution in [0.2, 0.25) is 5.02 Å². The van der Waals surface area contributed by atoms with E-state index >= 15 is 0 Å². The third kappa shape index (κ3) is 2.49. The number of halogens is 1. The van der Waals surface area contributed by atoms with E-state index in [9.17, 15) is 4.79 Å². The van der Waals surface area contributed by atoms with Crippen LogP contribution in [0.25, 0.3) is 10.9 Å². The number of pyridine rings is 1. The normalized spacial score (nSPS) is 10.4. The number of hydrogen-bond acceptors (Lipinski definition) is 2. The fourth-order valence-electron chi connectivity index (χ4n) is 2.01. The molecule has 4 heteroatoms. The molecular formula is C16H11ClN2O. The number of carbonyl (C=O) groups is 1. The molecule has 3 rings (SSSR count). The molecule has 98 valence electrons.